The molecule has 7 heteroatoms. The first-order chi connectivity index (χ1) is 10.7. The highest BCUT2D eigenvalue weighted by Gasteiger charge is 2.23. The van der Waals surface area contributed by atoms with Crippen LogP contribution in [0.1, 0.15) is 19.8 Å². The molecule has 1 fully saturated rings. The summed E-state index contributed by atoms with van der Waals surface area (Å²) in [5.41, 5.74) is 1.15. The Kier molecular flexibility index (Phi) is 9.62. The molecule has 0 saturated carbocycles. The Morgan fingerprint density at radius 3 is 3.00 bits per heavy atom. The van der Waals surface area contributed by atoms with Crippen LogP contribution in [0.3, 0.4) is 0 Å². The van der Waals surface area contributed by atoms with Gasteiger partial charge in [0.2, 0.25) is 0 Å². The predicted molar refractivity (Wildman–Crippen MR) is 107 cm³/mol. The Morgan fingerprint density at radius 2 is 2.30 bits per heavy atom. The second kappa shape index (κ2) is 10.9. The minimum atomic E-state index is -0.325. The number of benzene rings is 1. The van der Waals surface area contributed by atoms with E-state index in [0.29, 0.717) is 19.0 Å². The maximum Gasteiger partial charge on any atom is 0.191 e. The summed E-state index contributed by atoms with van der Waals surface area (Å²) >= 11 is 6.05. The summed E-state index contributed by atoms with van der Waals surface area (Å²) in [4.78, 5) is 6.71. The average Bonchev–Trinajstić information content (AvgIpc) is 2.96. The van der Waals surface area contributed by atoms with E-state index >= 15 is 0 Å². The molecule has 1 atom stereocenters. The Balaban J connectivity index is 0.00000264. The van der Waals surface area contributed by atoms with E-state index < -0.39 is 0 Å². The van der Waals surface area contributed by atoms with Crippen molar-refractivity contribution in [2.75, 3.05) is 37.8 Å². The number of anilines is 1. The largest absolute Gasteiger partial charge is 0.369 e. The van der Waals surface area contributed by atoms with Gasteiger partial charge in [-0.3, -0.25) is 9.38 Å². The first-order valence-corrected chi connectivity index (χ1v) is 8.22. The van der Waals surface area contributed by atoms with E-state index in [1.54, 1.807) is 0 Å². The molecule has 0 aliphatic carbocycles. The van der Waals surface area contributed by atoms with Gasteiger partial charge in [-0.05, 0) is 38.0 Å². The van der Waals surface area contributed by atoms with Crippen molar-refractivity contribution >= 4 is 47.2 Å². The highest BCUT2D eigenvalue weighted by molar-refractivity contribution is 14.0. The molecule has 1 aliphatic heterocycles. The molecular weight excluding hydrogens is 430 g/mol. The van der Waals surface area contributed by atoms with Crippen LogP contribution in [0.4, 0.5) is 10.1 Å². The summed E-state index contributed by atoms with van der Waals surface area (Å²) < 4.78 is 12.2. The molecule has 23 heavy (non-hydrogen) atoms. The van der Waals surface area contributed by atoms with Gasteiger partial charge in [-0.2, -0.15) is 0 Å². The van der Waals surface area contributed by atoms with Gasteiger partial charge < -0.3 is 15.5 Å². The normalized spacial score (nSPS) is 17.8. The van der Waals surface area contributed by atoms with Gasteiger partial charge in [0.15, 0.2) is 5.96 Å². The Labute approximate surface area is 159 Å². The fourth-order valence-electron chi connectivity index (χ4n) is 2.55. The van der Waals surface area contributed by atoms with Gasteiger partial charge in [0, 0.05) is 42.9 Å². The molecule has 0 spiro atoms. The van der Waals surface area contributed by atoms with Crippen LogP contribution < -0.4 is 15.5 Å². The van der Waals surface area contributed by atoms with Gasteiger partial charge >= 0.3 is 0 Å². The summed E-state index contributed by atoms with van der Waals surface area (Å²) in [6.45, 7) is 4.91. The van der Waals surface area contributed by atoms with E-state index in [0.717, 1.165) is 42.7 Å². The molecule has 130 valence electrons. The smallest absolute Gasteiger partial charge is 0.191 e. The maximum absolute atomic E-state index is 12.2. The van der Waals surface area contributed by atoms with E-state index in [4.69, 9.17) is 11.6 Å². The Hall–Kier alpha value is -0.760. The fraction of sp³-hybridized carbons (Fsp3) is 0.562. The summed E-state index contributed by atoms with van der Waals surface area (Å²) in [5.74, 6) is 0.772. The average molecular weight is 455 g/mol. The minimum Gasteiger partial charge on any atom is -0.369 e. The Bertz CT molecular complexity index is 501. The maximum atomic E-state index is 12.2. The number of aliphatic imine (C=N–C) groups is 1. The third-order valence-electron chi connectivity index (χ3n) is 3.61. The van der Waals surface area contributed by atoms with E-state index in [-0.39, 0.29) is 30.7 Å². The van der Waals surface area contributed by atoms with Crippen LogP contribution in [-0.2, 0) is 0 Å². The summed E-state index contributed by atoms with van der Waals surface area (Å²) in [6, 6.07) is 8.26. The zero-order valence-corrected chi connectivity index (χ0v) is 16.5. The summed E-state index contributed by atoms with van der Waals surface area (Å²) in [7, 11) is 0. The third-order valence-corrected chi connectivity index (χ3v) is 3.84. The van der Waals surface area contributed by atoms with Crippen molar-refractivity contribution in [3.63, 3.8) is 0 Å². The summed E-state index contributed by atoms with van der Waals surface area (Å²) in [6.07, 6.45) is 1.51. The van der Waals surface area contributed by atoms with Crippen LogP contribution in [0.25, 0.3) is 0 Å². The molecule has 0 amide bonds. The van der Waals surface area contributed by atoms with Crippen LogP contribution >= 0.6 is 35.6 Å². The summed E-state index contributed by atoms with van der Waals surface area (Å²) in [5, 5.41) is 7.40. The molecule has 1 aromatic carbocycles. The molecule has 2 rings (SSSR count). The molecule has 1 aliphatic rings. The first-order valence-electron chi connectivity index (χ1n) is 7.84. The number of rotatable bonds is 6. The highest BCUT2D eigenvalue weighted by atomic mass is 127. The van der Waals surface area contributed by atoms with E-state index in [1.165, 1.54) is 0 Å². The van der Waals surface area contributed by atoms with Crippen molar-refractivity contribution in [2.24, 2.45) is 4.99 Å². The van der Waals surface area contributed by atoms with Gasteiger partial charge in [-0.25, -0.2) is 0 Å². The monoisotopic (exact) mass is 454 g/mol. The van der Waals surface area contributed by atoms with Gasteiger partial charge in [-0.1, -0.05) is 17.7 Å². The van der Waals surface area contributed by atoms with Crippen LogP contribution in [0, 0.1) is 0 Å². The lowest BCUT2D eigenvalue weighted by Crippen LogP contribution is -2.44. The lowest BCUT2D eigenvalue weighted by atomic mass is 10.2. The van der Waals surface area contributed by atoms with Crippen molar-refractivity contribution in [1.82, 2.24) is 10.6 Å². The van der Waals surface area contributed by atoms with Crippen molar-refractivity contribution in [3.8, 4) is 0 Å². The van der Waals surface area contributed by atoms with E-state index in [1.807, 2.05) is 25.1 Å². The number of guanidine groups is 1. The molecule has 0 radical (unpaired) electrons. The van der Waals surface area contributed by atoms with Gasteiger partial charge in [0.25, 0.3) is 0 Å². The predicted octanol–water partition coefficient (Wildman–Crippen LogP) is 3.45. The standard InChI is InChI=1S/C16H24ClFN4.HI/c1-2-19-16(20-9-4-8-18)21-14-7-10-22(12-14)15-6-3-5-13(17)11-15;/h3,5-6,11,14H,2,4,7-10,12H2,1H3,(H2,19,20,21);1H. The molecule has 0 aromatic heterocycles. The number of hydrogen-bond acceptors (Lipinski definition) is 2. The molecular formula is C16H25ClFIN4. The van der Waals surface area contributed by atoms with Crippen LogP contribution in [0.2, 0.25) is 5.02 Å². The lowest BCUT2D eigenvalue weighted by molar-refractivity contribution is 0.477. The van der Waals surface area contributed by atoms with Gasteiger partial charge in [0.05, 0.1) is 6.67 Å². The molecule has 1 aromatic rings. The number of halogens is 3. The molecule has 1 heterocycles. The lowest BCUT2D eigenvalue weighted by Gasteiger charge is -2.20. The van der Waals surface area contributed by atoms with E-state index in [9.17, 15) is 4.39 Å². The first kappa shape index (κ1) is 20.3. The van der Waals surface area contributed by atoms with Crippen LogP contribution in [0.5, 0.6) is 0 Å². The van der Waals surface area contributed by atoms with Crippen molar-refractivity contribution in [2.45, 2.75) is 25.8 Å². The zero-order chi connectivity index (χ0) is 15.8. The number of alkyl halides is 1. The third kappa shape index (κ3) is 6.71. The van der Waals surface area contributed by atoms with Gasteiger partial charge in [-0.15, -0.1) is 24.0 Å². The number of nitrogens with zero attached hydrogens (tertiary/aromatic N) is 2. The fourth-order valence-corrected chi connectivity index (χ4v) is 2.73. The van der Waals surface area contributed by atoms with Gasteiger partial charge in [0.1, 0.15) is 0 Å². The SMILES string of the molecule is CCNC(=NCCCF)NC1CCN(c2cccc(Cl)c2)C1.I. The van der Waals surface area contributed by atoms with Crippen molar-refractivity contribution in [3.05, 3.63) is 29.3 Å². The zero-order valence-electron chi connectivity index (χ0n) is 13.4. The van der Waals surface area contributed by atoms with E-state index in [2.05, 4.69) is 26.6 Å². The minimum absolute atomic E-state index is 0. The molecule has 2 N–H and O–H groups in total. The number of nitrogens with one attached hydrogen (secondary N) is 2. The topological polar surface area (TPSA) is 39.7 Å². The second-order valence-electron chi connectivity index (χ2n) is 5.36. The Morgan fingerprint density at radius 1 is 1.48 bits per heavy atom. The molecule has 0 bridgehead atoms. The van der Waals surface area contributed by atoms with Crippen molar-refractivity contribution < 1.29 is 4.39 Å². The second-order valence-corrected chi connectivity index (χ2v) is 5.80. The quantitative estimate of drug-likeness (QED) is 0.299. The van der Waals surface area contributed by atoms with Crippen LogP contribution in [0.15, 0.2) is 29.3 Å². The molecule has 1 unspecified atom stereocenters. The molecule has 1 saturated heterocycles. The number of hydrogen-bond donors (Lipinski definition) is 2. The highest BCUT2D eigenvalue weighted by Crippen LogP contribution is 2.23. The van der Waals surface area contributed by atoms with Crippen molar-refractivity contribution in [1.29, 1.82) is 0 Å². The molecule has 4 nitrogen and oxygen atoms in total. The van der Waals surface area contributed by atoms with Crippen LogP contribution in [-0.4, -0.2) is 44.9 Å².